The molecule has 0 amide bonds. The van der Waals surface area contributed by atoms with Gasteiger partial charge in [0, 0.05) is 43.4 Å². The fraction of sp³-hybridized carbons (Fsp3) is 0.0909. The molecule has 0 aliphatic heterocycles. The predicted octanol–water partition coefficient (Wildman–Crippen LogP) is 3.67. The van der Waals surface area contributed by atoms with Gasteiger partial charge in [0.05, 0.1) is 11.9 Å². The minimum absolute atomic E-state index is 0.123. The molecular weight excluding hydrogens is 399 g/mol. The monoisotopic (exact) mass is 412 g/mol. The van der Waals surface area contributed by atoms with Crippen LogP contribution < -0.4 is 10.2 Å². The second-order valence-electron chi connectivity index (χ2n) is 6.45. The molecule has 0 saturated carbocycles. The van der Waals surface area contributed by atoms with Crippen molar-refractivity contribution in [3.63, 3.8) is 0 Å². The molecule has 142 valence electrons. The van der Waals surface area contributed by atoms with Crippen molar-refractivity contribution in [1.29, 1.82) is 0 Å². The summed E-state index contributed by atoms with van der Waals surface area (Å²) in [7, 11) is 0. The van der Waals surface area contributed by atoms with Gasteiger partial charge in [-0.2, -0.15) is 0 Å². The van der Waals surface area contributed by atoms with Crippen LogP contribution in [0, 0.1) is 13.8 Å². The number of halogens is 2. The molecule has 0 heterocycles. The average Bonchev–Trinajstić information content (AvgIpc) is 2.61. The first-order valence-corrected chi connectivity index (χ1v) is 9.09. The largest absolute Gasteiger partial charge is 0.545 e. The quantitative estimate of drug-likeness (QED) is 0.654. The molecule has 0 spiro atoms. The number of carboxylic acid groups (broad SMARTS) is 2. The predicted molar refractivity (Wildman–Crippen MR) is 105 cm³/mol. The number of aryl methyl sites for hydroxylation is 2. The molecular formula is C22H14Cl2O4-2. The Kier molecular flexibility index (Phi) is 5.45. The van der Waals surface area contributed by atoms with Crippen molar-refractivity contribution in [1.82, 2.24) is 0 Å². The lowest BCUT2D eigenvalue weighted by atomic mass is 9.86. The Morgan fingerprint density at radius 1 is 0.679 bits per heavy atom. The zero-order valence-corrected chi connectivity index (χ0v) is 16.5. The van der Waals surface area contributed by atoms with Crippen LogP contribution in [0.25, 0.3) is 22.3 Å². The molecule has 0 aliphatic rings. The van der Waals surface area contributed by atoms with E-state index in [0.717, 1.165) is 11.1 Å². The van der Waals surface area contributed by atoms with E-state index in [1.165, 1.54) is 12.1 Å². The Morgan fingerprint density at radius 3 is 1.32 bits per heavy atom. The maximum absolute atomic E-state index is 11.8. The molecule has 0 aromatic heterocycles. The lowest BCUT2D eigenvalue weighted by Crippen LogP contribution is -2.26. The summed E-state index contributed by atoms with van der Waals surface area (Å²) >= 11 is 12.8. The second kappa shape index (κ2) is 7.66. The van der Waals surface area contributed by atoms with Crippen LogP contribution in [0.5, 0.6) is 0 Å². The van der Waals surface area contributed by atoms with E-state index in [1.807, 2.05) is 13.8 Å². The van der Waals surface area contributed by atoms with Gasteiger partial charge < -0.3 is 19.8 Å². The third-order valence-electron chi connectivity index (χ3n) is 4.43. The average molecular weight is 413 g/mol. The van der Waals surface area contributed by atoms with E-state index in [-0.39, 0.29) is 32.3 Å². The van der Waals surface area contributed by atoms with E-state index in [2.05, 4.69) is 0 Å². The fourth-order valence-electron chi connectivity index (χ4n) is 3.15. The highest BCUT2D eigenvalue weighted by Crippen LogP contribution is 2.43. The molecule has 6 heteroatoms. The maximum atomic E-state index is 11.8. The summed E-state index contributed by atoms with van der Waals surface area (Å²) in [4.78, 5) is 23.7. The molecule has 0 radical (unpaired) electrons. The van der Waals surface area contributed by atoms with Crippen molar-refractivity contribution in [2.45, 2.75) is 13.8 Å². The maximum Gasteiger partial charge on any atom is 0.0721 e. The summed E-state index contributed by atoms with van der Waals surface area (Å²) in [6.07, 6.45) is 0. The molecule has 0 atom stereocenters. The van der Waals surface area contributed by atoms with Gasteiger partial charge in [0.25, 0.3) is 0 Å². The van der Waals surface area contributed by atoms with Crippen LogP contribution >= 0.6 is 23.2 Å². The minimum Gasteiger partial charge on any atom is -0.545 e. The van der Waals surface area contributed by atoms with Crippen LogP contribution in [0.15, 0.2) is 48.5 Å². The number of carboxylic acids is 2. The molecule has 0 N–H and O–H groups in total. The van der Waals surface area contributed by atoms with Crippen molar-refractivity contribution in [2.24, 2.45) is 0 Å². The van der Waals surface area contributed by atoms with Crippen molar-refractivity contribution < 1.29 is 19.8 Å². The lowest BCUT2D eigenvalue weighted by molar-refractivity contribution is -0.256. The Balaban J connectivity index is 2.52. The minimum atomic E-state index is -1.46. The van der Waals surface area contributed by atoms with E-state index in [1.54, 1.807) is 36.4 Å². The Labute approximate surface area is 172 Å². The van der Waals surface area contributed by atoms with E-state index in [4.69, 9.17) is 23.2 Å². The Hall–Kier alpha value is -2.82. The number of rotatable bonds is 4. The Morgan fingerprint density at radius 2 is 1.04 bits per heavy atom. The zero-order valence-electron chi connectivity index (χ0n) is 15.0. The number of hydrogen-bond acceptors (Lipinski definition) is 4. The topological polar surface area (TPSA) is 80.3 Å². The number of hydrogen-bond donors (Lipinski definition) is 0. The number of carbonyl (C=O) groups excluding carboxylic acids is 2. The normalized spacial score (nSPS) is 10.7. The fourth-order valence-corrected chi connectivity index (χ4v) is 3.81. The summed E-state index contributed by atoms with van der Waals surface area (Å²) in [5.41, 5.74) is 2.33. The van der Waals surface area contributed by atoms with Crippen molar-refractivity contribution in [3.8, 4) is 22.3 Å². The summed E-state index contributed by atoms with van der Waals surface area (Å²) in [6, 6.07) is 12.5. The molecule has 0 aliphatic carbocycles. The van der Waals surface area contributed by atoms with Gasteiger partial charge in [-0.15, -0.1) is 0 Å². The van der Waals surface area contributed by atoms with Crippen LogP contribution in [0.1, 0.15) is 31.8 Å². The van der Waals surface area contributed by atoms with Gasteiger partial charge in [-0.3, -0.25) is 0 Å². The number of benzene rings is 3. The van der Waals surface area contributed by atoms with Crippen LogP contribution in [-0.2, 0) is 0 Å². The molecule has 3 rings (SSSR count). The van der Waals surface area contributed by atoms with Gasteiger partial charge >= 0.3 is 0 Å². The van der Waals surface area contributed by atoms with Crippen LogP contribution in [0.3, 0.4) is 0 Å². The van der Waals surface area contributed by atoms with Gasteiger partial charge in [0.2, 0.25) is 0 Å². The molecule has 3 aromatic rings. The molecule has 0 fully saturated rings. The molecule has 0 unspecified atom stereocenters. The number of carbonyl (C=O) groups is 2. The van der Waals surface area contributed by atoms with Gasteiger partial charge in [0.15, 0.2) is 0 Å². The third kappa shape index (κ3) is 3.61. The third-order valence-corrected chi connectivity index (χ3v) is 5.06. The van der Waals surface area contributed by atoms with Crippen LogP contribution in [0.4, 0.5) is 0 Å². The van der Waals surface area contributed by atoms with Gasteiger partial charge in [-0.1, -0.05) is 59.6 Å². The SMILES string of the molecule is Cc1ccc(-c2c(C(=O)[O-])ccc(C(=O)[O-])c2-c2ccc(C)cc2Cl)c(Cl)c1. The van der Waals surface area contributed by atoms with Crippen LogP contribution in [0.2, 0.25) is 10.0 Å². The highest BCUT2D eigenvalue weighted by Gasteiger charge is 2.21. The summed E-state index contributed by atoms with van der Waals surface area (Å²) in [5, 5.41) is 24.2. The van der Waals surface area contributed by atoms with Gasteiger partial charge in [0.1, 0.15) is 0 Å². The highest BCUT2D eigenvalue weighted by atomic mass is 35.5. The first kappa shape index (κ1) is 19.9. The standard InChI is InChI=1S/C22H16Cl2O4/c1-11-3-5-13(17(23)9-11)19-15(21(25)26)7-8-16(22(27)28)20(19)14-6-4-12(2)10-18(14)24/h3-10H,1-2H3,(H,25,26)(H,27,28)/p-2. The molecule has 4 nitrogen and oxygen atoms in total. The molecule has 0 bridgehead atoms. The molecule has 3 aromatic carbocycles. The first-order chi connectivity index (χ1) is 13.2. The Bertz CT molecular complexity index is 1030. The van der Waals surface area contributed by atoms with E-state index >= 15 is 0 Å². The van der Waals surface area contributed by atoms with E-state index in [0.29, 0.717) is 11.1 Å². The summed E-state index contributed by atoms with van der Waals surface area (Å²) < 4.78 is 0. The zero-order chi connectivity index (χ0) is 20.6. The van der Waals surface area contributed by atoms with Crippen LogP contribution in [-0.4, -0.2) is 11.9 Å². The second-order valence-corrected chi connectivity index (χ2v) is 7.27. The first-order valence-electron chi connectivity index (χ1n) is 8.33. The lowest BCUT2D eigenvalue weighted by Gasteiger charge is -2.22. The van der Waals surface area contributed by atoms with Gasteiger partial charge in [-0.25, -0.2) is 0 Å². The summed E-state index contributed by atoms with van der Waals surface area (Å²) in [6.45, 7) is 3.68. The van der Waals surface area contributed by atoms with E-state index < -0.39 is 11.9 Å². The summed E-state index contributed by atoms with van der Waals surface area (Å²) in [5.74, 6) is -2.91. The van der Waals surface area contributed by atoms with Crippen molar-refractivity contribution in [2.75, 3.05) is 0 Å². The number of aromatic carboxylic acids is 2. The van der Waals surface area contributed by atoms with Gasteiger partial charge in [-0.05, 0) is 37.1 Å². The van der Waals surface area contributed by atoms with E-state index in [9.17, 15) is 19.8 Å². The van der Waals surface area contributed by atoms with Crippen molar-refractivity contribution in [3.05, 3.63) is 80.8 Å². The van der Waals surface area contributed by atoms with Crippen molar-refractivity contribution >= 4 is 35.1 Å². The molecule has 0 saturated heterocycles. The molecule has 28 heavy (non-hydrogen) atoms. The smallest absolute Gasteiger partial charge is 0.0721 e. The highest BCUT2D eigenvalue weighted by molar-refractivity contribution is 6.35.